The van der Waals surface area contributed by atoms with Gasteiger partial charge in [0.05, 0.1) is 12.2 Å². The molecule has 1 heterocycles. The van der Waals surface area contributed by atoms with Crippen LogP contribution in [-0.2, 0) is 6.42 Å². The molecular formula is C14H20N4O2. The lowest BCUT2D eigenvalue weighted by Gasteiger charge is -2.14. The summed E-state index contributed by atoms with van der Waals surface area (Å²) in [7, 11) is 1.51. The highest BCUT2D eigenvalue weighted by Crippen LogP contribution is 2.28. The minimum Gasteiger partial charge on any atom is -0.396 e. The van der Waals surface area contributed by atoms with Crippen LogP contribution in [0, 0.1) is 0 Å². The fourth-order valence-electron chi connectivity index (χ4n) is 2.48. The first-order valence-electron chi connectivity index (χ1n) is 6.79. The number of rotatable bonds is 2. The summed E-state index contributed by atoms with van der Waals surface area (Å²) in [5.74, 6) is -0.154. The number of pyridine rings is 1. The number of amides is 1. The largest absolute Gasteiger partial charge is 0.396 e. The zero-order valence-electron chi connectivity index (χ0n) is 11.6. The third-order valence-electron chi connectivity index (χ3n) is 3.60. The van der Waals surface area contributed by atoms with Gasteiger partial charge in [0, 0.05) is 24.9 Å². The predicted octanol–water partition coefficient (Wildman–Crippen LogP) is 0.558. The molecule has 1 aliphatic carbocycles. The van der Waals surface area contributed by atoms with Crippen molar-refractivity contribution in [2.75, 3.05) is 13.7 Å². The highest BCUT2D eigenvalue weighted by atomic mass is 16.3. The van der Waals surface area contributed by atoms with Crippen molar-refractivity contribution >= 4 is 11.9 Å². The molecule has 0 saturated carbocycles. The summed E-state index contributed by atoms with van der Waals surface area (Å²) in [6, 6.07) is 1.84. The fraction of sp³-hybridized carbons (Fsp3) is 0.500. The second kappa shape index (κ2) is 6.47. The quantitative estimate of drug-likeness (QED) is 0.417. The monoisotopic (exact) mass is 276 g/mol. The highest BCUT2D eigenvalue weighted by Gasteiger charge is 2.21. The number of aryl methyl sites for hydroxylation is 1. The second-order valence-electron chi connectivity index (χ2n) is 4.96. The van der Waals surface area contributed by atoms with Crippen LogP contribution in [0.5, 0.6) is 0 Å². The highest BCUT2D eigenvalue weighted by molar-refractivity contribution is 6.05. The third kappa shape index (κ3) is 3.14. The first-order chi connectivity index (χ1) is 9.65. The number of carbonyl (C=O) groups is 1. The maximum atomic E-state index is 12.0. The van der Waals surface area contributed by atoms with Gasteiger partial charge in [-0.05, 0) is 30.9 Å². The zero-order chi connectivity index (χ0) is 14.5. The normalized spacial score (nSPS) is 19.1. The maximum Gasteiger partial charge on any atom is 0.259 e. The minimum absolute atomic E-state index is 0.0758. The van der Waals surface area contributed by atoms with Gasteiger partial charge in [-0.25, -0.2) is 0 Å². The van der Waals surface area contributed by atoms with Crippen molar-refractivity contribution in [1.82, 2.24) is 10.3 Å². The van der Waals surface area contributed by atoms with Crippen molar-refractivity contribution in [3.8, 4) is 0 Å². The van der Waals surface area contributed by atoms with E-state index in [1.54, 1.807) is 0 Å². The molecule has 1 unspecified atom stereocenters. The number of nitrogens with one attached hydrogen (secondary N) is 1. The molecule has 1 atom stereocenters. The van der Waals surface area contributed by atoms with E-state index < -0.39 is 0 Å². The van der Waals surface area contributed by atoms with E-state index in [1.165, 1.54) is 13.2 Å². The van der Waals surface area contributed by atoms with E-state index in [1.807, 2.05) is 6.07 Å². The van der Waals surface area contributed by atoms with Crippen LogP contribution in [0.4, 0.5) is 0 Å². The number of guanidine groups is 1. The lowest BCUT2D eigenvalue weighted by atomic mass is 9.98. The third-order valence-corrected chi connectivity index (χ3v) is 3.60. The van der Waals surface area contributed by atoms with Gasteiger partial charge in [-0.2, -0.15) is 0 Å². The van der Waals surface area contributed by atoms with Crippen molar-refractivity contribution < 1.29 is 9.90 Å². The summed E-state index contributed by atoms with van der Waals surface area (Å²) in [5.41, 5.74) is 7.91. The average molecular weight is 276 g/mol. The molecule has 0 radical (unpaired) electrons. The topological polar surface area (TPSA) is 101 Å². The van der Waals surface area contributed by atoms with Crippen LogP contribution in [0.1, 0.15) is 46.8 Å². The van der Waals surface area contributed by atoms with Crippen LogP contribution in [0.15, 0.2) is 17.3 Å². The number of aliphatic hydroxyl groups is 1. The van der Waals surface area contributed by atoms with Gasteiger partial charge in [0.15, 0.2) is 5.96 Å². The molecule has 1 aromatic rings. The Morgan fingerprint density at radius 2 is 2.40 bits per heavy atom. The van der Waals surface area contributed by atoms with Gasteiger partial charge in [0.1, 0.15) is 0 Å². The minimum atomic E-state index is -0.312. The number of nitrogens with zero attached hydrogens (tertiary/aromatic N) is 2. The predicted molar refractivity (Wildman–Crippen MR) is 76.6 cm³/mol. The molecular weight excluding hydrogens is 256 g/mol. The molecule has 1 amide bonds. The summed E-state index contributed by atoms with van der Waals surface area (Å²) in [4.78, 5) is 20.1. The van der Waals surface area contributed by atoms with E-state index in [4.69, 9.17) is 5.73 Å². The van der Waals surface area contributed by atoms with Crippen LogP contribution < -0.4 is 11.1 Å². The standard InChI is InChI=1S/C14H20N4O2/c1-16-14(15)18-13(20)11-6-9-4-2-3-5-10(8-19)12(9)17-7-11/h6-7,10,19H,2-5,8H2,1H3,(H3,15,16,18,20). The maximum absolute atomic E-state index is 12.0. The summed E-state index contributed by atoms with van der Waals surface area (Å²) in [6.07, 6.45) is 5.48. The Bertz CT molecular complexity index is 528. The molecule has 0 aliphatic heterocycles. The number of aromatic nitrogens is 1. The lowest BCUT2D eigenvalue weighted by Crippen LogP contribution is -2.36. The molecule has 0 spiro atoms. The second-order valence-corrected chi connectivity index (χ2v) is 4.96. The zero-order valence-corrected chi connectivity index (χ0v) is 11.6. The molecule has 1 aliphatic rings. The molecule has 108 valence electrons. The number of hydrogen-bond donors (Lipinski definition) is 3. The Labute approximate surface area is 118 Å². The number of nitrogens with two attached hydrogens (primary N) is 1. The molecule has 0 bridgehead atoms. The number of carbonyl (C=O) groups excluding carboxylic acids is 1. The molecule has 0 fully saturated rings. The van der Waals surface area contributed by atoms with E-state index in [9.17, 15) is 9.90 Å². The van der Waals surface area contributed by atoms with E-state index in [0.717, 1.165) is 36.9 Å². The van der Waals surface area contributed by atoms with Crippen LogP contribution in [-0.4, -0.2) is 35.6 Å². The van der Waals surface area contributed by atoms with Gasteiger partial charge in [0.2, 0.25) is 0 Å². The fourth-order valence-corrected chi connectivity index (χ4v) is 2.48. The Morgan fingerprint density at radius 3 is 3.10 bits per heavy atom. The van der Waals surface area contributed by atoms with Gasteiger partial charge in [-0.15, -0.1) is 0 Å². The first-order valence-corrected chi connectivity index (χ1v) is 6.79. The van der Waals surface area contributed by atoms with E-state index in [-0.39, 0.29) is 24.4 Å². The number of aliphatic hydroxyl groups excluding tert-OH is 1. The Hall–Kier alpha value is -1.95. The van der Waals surface area contributed by atoms with Crippen LogP contribution in [0.3, 0.4) is 0 Å². The molecule has 0 aromatic carbocycles. The molecule has 6 nitrogen and oxygen atoms in total. The first kappa shape index (κ1) is 14.5. The molecule has 6 heteroatoms. The number of hydrogen-bond acceptors (Lipinski definition) is 4. The molecule has 4 N–H and O–H groups in total. The Kier molecular flexibility index (Phi) is 4.68. The van der Waals surface area contributed by atoms with Crippen LogP contribution >= 0.6 is 0 Å². The average Bonchev–Trinajstić information content (AvgIpc) is 2.67. The van der Waals surface area contributed by atoms with Crippen LogP contribution in [0.25, 0.3) is 0 Å². The van der Waals surface area contributed by atoms with Gasteiger partial charge < -0.3 is 10.8 Å². The van der Waals surface area contributed by atoms with Crippen molar-refractivity contribution in [3.05, 3.63) is 29.1 Å². The van der Waals surface area contributed by atoms with E-state index in [0.29, 0.717) is 5.56 Å². The molecule has 1 aromatic heterocycles. The molecule has 0 saturated heterocycles. The summed E-state index contributed by atoms with van der Waals surface area (Å²) in [6.45, 7) is 0.0982. The van der Waals surface area contributed by atoms with Gasteiger partial charge in [0.25, 0.3) is 5.91 Å². The SMILES string of the molecule is CN=C(N)NC(=O)c1cnc2c(c1)CCCCC2CO. The smallest absolute Gasteiger partial charge is 0.259 e. The van der Waals surface area contributed by atoms with Crippen molar-refractivity contribution in [3.63, 3.8) is 0 Å². The lowest BCUT2D eigenvalue weighted by molar-refractivity contribution is 0.0976. The van der Waals surface area contributed by atoms with Crippen molar-refractivity contribution in [1.29, 1.82) is 0 Å². The number of fused-ring (bicyclic) bond motifs is 1. The Balaban J connectivity index is 2.26. The Morgan fingerprint density at radius 1 is 1.60 bits per heavy atom. The van der Waals surface area contributed by atoms with E-state index >= 15 is 0 Å². The summed E-state index contributed by atoms with van der Waals surface area (Å²) >= 11 is 0. The van der Waals surface area contributed by atoms with E-state index in [2.05, 4.69) is 15.3 Å². The van der Waals surface area contributed by atoms with Crippen molar-refractivity contribution in [2.24, 2.45) is 10.7 Å². The van der Waals surface area contributed by atoms with Gasteiger partial charge in [-0.3, -0.25) is 20.1 Å². The van der Waals surface area contributed by atoms with Crippen LogP contribution in [0.2, 0.25) is 0 Å². The summed E-state index contributed by atoms with van der Waals surface area (Å²) in [5, 5.41) is 11.9. The summed E-state index contributed by atoms with van der Waals surface area (Å²) < 4.78 is 0. The molecule has 20 heavy (non-hydrogen) atoms. The van der Waals surface area contributed by atoms with Gasteiger partial charge in [-0.1, -0.05) is 6.42 Å². The van der Waals surface area contributed by atoms with Crippen molar-refractivity contribution in [2.45, 2.75) is 31.6 Å². The molecule has 2 rings (SSSR count). The number of aliphatic imine (C=N–C) groups is 1. The van der Waals surface area contributed by atoms with Gasteiger partial charge >= 0.3 is 0 Å².